The van der Waals surface area contributed by atoms with E-state index in [1.54, 1.807) is 0 Å². The van der Waals surface area contributed by atoms with Gasteiger partial charge in [-0.2, -0.15) is 0 Å². The van der Waals surface area contributed by atoms with Gasteiger partial charge in [0.05, 0.1) is 0 Å². The molecule has 108 valence electrons. The lowest BCUT2D eigenvalue weighted by molar-refractivity contribution is 0.0697. The van der Waals surface area contributed by atoms with E-state index in [9.17, 15) is 9.90 Å². The Bertz CT molecular complexity index is 521. The molecule has 0 atom stereocenters. The first-order valence-electron chi connectivity index (χ1n) is 7.73. The number of aromatic nitrogens is 1. The Morgan fingerprint density at radius 2 is 2.10 bits per heavy atom. The van der Waals surface area contributed by atoms with Crippen molar-refractivity contribution in [2.24, 2.45) is 0 Å². The Morgan fingerprint density at radius 1 is 1.35 bits per heavy atom. The van der Waals surface area contributed by atoms with Crippen LogP contribution in [0, 0.1) is 0 Å². The van der Waals surface area contributed by atoms with E-state index in [0.29, 0.717) is 17.4 Å². The number of fused-ring (bicyclic) bond motifs is 1. The van der Waals surface area contributed by atoms with Gasteiger partial charge in [0.15, 0.2) is 0 Å². The maximum Gasteiger partial charge on any atom is 0.339 e. The molecule has 0 saturated heterocycles. The first-order chi connectivity index (χ1) is 9.70. The number of aryl methyl sites for hydroxylation is 2. The largest absolute Gasteiger partial charge is 0.478 e. The Kier molecular flexibility index (Phi) is 3.64. The van der Waals surface area contributed by atoms with Crippen molar-refractivity contribution < 1.29 is 9.90 Å². The van der Waals surface area contributed by atoms with Gasteiger partial charge >= 0.3 is 5.97 Å². The van der Waals surface area contributed by atoms with Crippen molar-refractivity contribution in [2.75, 3.05) is 11.4 Å². The molecule has 1 aromatic heterocycles. The number of anilines is 1. The van der Waals surface area contributed by atoms with Crippen molar-refractivity contribution in [3.63, 3.8) is 0 Å². The number of carboxylic acid groups (broad SMARTS) is 1. The van der Waals surface area contributed by atoms with Gasteiger partial charge in [0, 0.05) is 18.3 Å². The molecule has 2 aliphatic rings. The fourth-order valence-corrected chi connectivity index (χ4v) is 3.63. The van der Waals surface area contributed by atoms with Gasteiger partial charge in [0.25, 0.3) is 0 Å². The Morgan fingerprint density at radius 3 is 2.75 bits per heavy atom. The number of nitrogens with zero attached hydrogens (tertiary/aromatic N) is 2. The minimum atomic E-state index is -0.848. The van der Waals surface area contributed by atoms with Crippen LogP contribution in [0.15, 0.2) is 6.07 Å². The van der Waals surface area contributed by atoms with Crippen LogP contribution in [0.2, 0.25) is 0 Å². The monoisotopic (exact) mass is 274 g/mol. The van der Waals surface area contributed by atoms with E-state index in [-0.39, 0.29) is 0 Å². The molecule has 1 heterocycles. The lowest BCUT2D eigenvalue weighted by atomic mass is 10.1. The van der Waals surface area contributed by atoms with Gasteiger partial charge in [0.2, 0.25) is 0 Å². The van der Waals surface area contributed by atoms with Gasteiger partial charge in [-0.25, -0.2) is 9.78 Å². The molecule has 3 rings (SSSR count). The van der Waals surface area contributed by atoms with Gasteiger partial charge in [-0.05, 0) is 50.7 Å². The zero-order chi connectivity index (χ0) is 14.1. The molecule has 1 aromatic rings. The molecule has 1 fully saturated rings. The van der Waals surface area contributed by atoms with Gasteiger partial charge in [-0.1, -0.05) is 12.8 Å². The van der Waals surface area contributed by atoms with Gasteiger partial charge in [0.1, 0.15) is 11.4 Å². The second kappa shape index (κ2) is 5.43. The summed E-state index contributed by atoms with van der Waals surface area (Å²) in [4.78, 5) is 18.5. The maximum absolute atomic E-state index is 11.6. The zero-order valence-corrected chi connectivity index (χ0v) is 12.1. The van der Waals surface area contributed by atoms with Crippen LogP contribution in [-0.4, -0.2) is 28.6 Å². The van der Waals surface area contributed by atoms with Crippen LogP contribution in [0.3, 0.4) is 0 Å². The number of carbonyl (C=O) groups is 1. The normalized spacial score (nSPS) is 18.2. The molecule has 2 aliphatic carbocycles. The molecule has 0 aliphatic heterocycles. The number of carboxylic acids is 1. The van der Waals surface area contributed by atoms with Crippen molar-refractivity contribution in [2.45, 2.75) is 57.9 Å². The molecule has 20 heavy (non-hydrogen) atoms. The highest BCUT2D eigenvalue weighted by Gasteiger charge is 2.28. The predicted molar refractivity (Wildman–Crippen MR) is 78.5 cm³/mol. The molecule has 0 bridgehead atoms. The minimum absolute atomic E-state index is 0.388. The summed E-state index contributed by atoms with van der Waals surface area (Å²) in [5, 5.41) is 9.52. The van der Waals surface area contributed by atoms with E-state index in [0.717, 1.165) is 49.9 Å². The third kappa shape index (κ3) is 2.28. The van der Waals surface area contributed by atoms with Crippen LogP contribution in [0.5, 0.6) is 0 Å². The van der Waals surface area contributed by atoms with E-state index >= 15 is 0 Å². The lowest BCUT2D eigenvalue weighted by Crippen LogP contribution is -2.35. The average molecular weight is 274 g/mol. The number of rotatable bonds is 4. The van der Waals surface area contributed by atoms with E-state index in [2.05, 4.69) is 11.8 Å². The van der Waals surface area contributed by atoms with Crippen molar-refractivity contribution in [1.82, 2.24) is 4.98 Å². The summed E-state index contributed by atoms with van der Waals surface area (Å²) in [6.45, 7) is 2.93. The first kappa shape index (κ1) is 13.4. The molecule has 4 heteroatoms. The standard InChI is InChI=1S/C16H22N2O2/c1-2-18(12-7-3-4-8-12)15-13(16(19)20)10-11-6-5-9-14(11)17-15/h10,12H,2-9H2,1H3,(H,19,20). The fourth-order valence-electron chi connectivity index (χ4n) is 3.63. The quantitative estimate of drug-likeness (QED) is 0.917. The second-order valence-corrected chi connectivity index (χ2v) is 5.85. The number of hydrogen-bond donors (Lipinski definition) is 1. The highest BCUT2D eigenvalue weighted by atomic mass is 16.4. The summed E-state index contributed by atoms with van der Waals surface area (Å²) in [7, 11) is 0. The topological polar surface area (TPSA) is 53.4 Å². The van der Waals surface area contributed by atoms with Crippen molar-refractivity contribution in [1.29, 1.82) is 0 Å². The smallest absolute Gasteiger partial charge is 0.339 e. The first-order valence-corrected chi connectivity index (χ1v) is 7.73. The van der Waals surface area contributed by atoms with E-state index in [4.69, 9.17) is 4.98 Å². The fraction of sp³-hybridized carbons (Fsp3) is 0.625. The Hall–Kier alpha value is -1.58. The summed E-state index contributed by atoms with van der Waals surface area (Å²) in [6, 6.07) is 2.33. The van der Waals surface area contributed by atoms with E-state index in [1.165, 1.54) is 12.8 Å². The van der Waals surface area contributed by atoms with Crippen LogP contribution >= 0.6 is 0 Å². The molecule has 4 nitrogen and oxygen atoms in total. The maximum atomic E-state index is 11.6. The molecule has 0 radical (unpaired) electrons. The molecule has 0 unspecified atom stereocenters. The second-order valence-electron chi connectivity index (χ2n) is 5.85. The summed E-state index contributed by atoms with van der Waals surface area (Å²) < 4.78 is 0. The molecular weight excluding hydrogens is 252 g/mol. The van der Waals surface area contributed by atoms with Crippen molar-refractivity contribution in [3.8, 4) is 0 Å². The lowest BCUT2D eigenvalue weighted by Gasteiger charge is -2.30. The van der Waals surface area contributed by atoms with Gasteiger partial charge < -0.3 is 10.0 Å². The Balaban J connectivity index is 2.03. The van der Waals surface area contributed by atoms with Crippen LogP contribution in [0.4, 0.5) is 5.82 Å². The number of aromatic carboxylic acids is 1. The van der Waals surface area contributed by atoms with Crippen LogP contribution < -0.4 is 4.90 Å². The Labute approximate surface area is 119 Å². The molecular formula is C16H22N2O2. The minimum Gasteiger partial charge on any atom is -0.478 e. The van der Waals surface area contributed by atoms with Crippen LogP contribution in [0.25, 0.3) is 0 Å². The van der Waals surface area contributed by atoms with E-state index < -0.39 is 5.97 Å². The zero-order valence-electron chi connectivity index (χ0n) is 12.1. The average Bonchev–Trinajstić information content (AvgIpc) is 3.08. The SMILES string of the molecule is CCN(c1nc2c(cc1C(=O)O)CCC2)C1CCCC1. The van der Waals surface area contributed by atoms with Crippen LogP contribution in [0.1, 0.15) is 60.6 Å². The summed E-state index contributed by atoms with van der Waals surface area (Å²) in [5.41, 5.74) is 2.63. The van der Waals surface area contributed by atoms with Gasteiger partial charge in [-0.3, -0.25) is 0 Å². The summed E-state index contributed by atoms with van der Waals surface area (Å²) in [5.74, 6) is -0.147. The molecule has 1 saturated carbocycles. The highest BCUT2D eigenvalue weighted by Crippen LogP contribution is 2.32. The molecule has 1 N–H and O–H groups in total. The molecule has 0 spiro atoms. The van der Waals surface area contributed by atoms with Gasteiger partial charge in [-0.15, -0.1) is 0 Å². The van der Waals surface area contributed by atoms with E-state index in [1.807, 2.05) is 6.07 Å². The van der Waals surface area contributed by atoms with Crippen molar-refractivity contribution >= 4 is 11.8 Å². The van der Waals surface area contributed by atoms with Crippen molar-refractivity contribution in [3.05, 3.63) is 22.9 Å². The number of hydrogen-bond acceptors (Lipinski definition) is 3. The molecule has 0 amide bonds. The highest BCUT2D eigenvalue weighted by molar-refractivity contribution is 5.93. The summed E-state index contributed by atoms with van der Waals surface area (Å²) in [6.07, 6.45) is 7.86. The summed E-state index contributed by atoms with van der Waals surface area (Å²) >= 11 is 0. The third-order valence-corrected chi connectivity index (χ3v) is 4.64. The number of pyridine rings is 1. The predicted octanol–water partition coefficient (Wildman–Crippen LogP) is 3.04. The molecule has 0 aromatic carbocycles. The third-order valence-electron chi connectivity index (χ3n) is 4.64. The van der Waals surface area contributed by atoms with Crippen LogP contribution in [-0.2, 0) is 12.8 Å².